The third-order valence-electron chi connectivity index (χ3n) is 1.38. The van der Waals surface area contributed by atoms with E-state index in [1.807, 2.05) is 25.1 Å². The van der Waals surface area contributed by atoms with E-state index in [1.54, 1.807) is 0 Å². The third-order valence-corrected chi connectivity index (χ3v) is 1.38. The predicted octanol–water partition coefficient (Wildman–Crippen LogP) is 1.86. The first-order chi connectivity index (χ1) is 5.33. The van der Waals surface area contributed by atoms with Crippen LogP contribution in [0.2, 0.25) is 0 Å². The minimum Gasteiger partial charge on any atom is -0.465 e. The largest absolute Gasteiger partial charge is 0.465 e. The van der Waals surface area contributed by atoms with Crippen molar-refractivity contribution in [2.45, 2.75) is 13.5 Å². The van der Waals surface area contributed by atoms with Crippen LogP contribution in [-0.2, 0) is 6.54 Å². The Hall–Kier alpha value is -1.02. The van der Waals surface area contributed by atoms with Crippen LogP contribution in [-0.4, -0.2) is 6.54 Å². The van der Waals surface area contributed by atoms with Crippen LogP contribution in [0.1, 0.15) is 11.5 Å². The first kappa shape index (κ1) is 8.08. The summed E-state index contributed by atoms with van der Waals surface area (Å²) in [5.74, 6) is 1.93. The molecule has 1 aromatic rings. The van der Waals surface area contributed by atoms with Gasteiger partial charge in [0.25, 0.3) is 0 Å². The number of nitrogens with one attached hydrogen (secondary N) is 1. The zero-order chi connectivity index (χ0) is 8.10. The molecule has 11 heavy (non-hydrogen) atoms. The average molecular weight is 151 g/mol. The molecule has 0 aliphatic carbocycles. The maximum atomic E-state index is 5.33. The SMILES string of the molecule is C=CCNCc1ccc(C)o1. The van der Waals surface area contributed by atoms with Gasteiger partial charge in [-0.15, -0.1) is 6.58 Å². The summed E-state index contributed by atoms with van der Waals surface area (Å²) in [5, 5.41) is 3.15. The highest BCUT2D eigenvalue weighted by molar-refractivity contribution is 5.05. The van der Waals surface area contributed by atoms with E-state index in [9.17, 15) is 0 Å². The van der Waals surface area contributed by atoms with E-state index in [-0.39, 0.29) is 0 Å². The van der Waals surface area contributed by atoms with E-state index in [1.165, 1.54) is 0 Å². The summed E-state index contributed by atoms with van der Waals surface area (Å²) in [7, 11) is 0. The monoisotopic (exact) mass is 151 g/mol. The summed E-state index contributed by atoms with van der Waals surface area (Å²) in [4.78, 5) is 0. The Morgan fingerprint density at radius 3 is 3.00 bits per heavy atom. The maximum absolute atomic E-state index is 5.33. The van der Waals surface area contributed by atoms with E-state index in [0.717, 1.165) is 24.6 Å². The Balaban J connectivity index is 2.32. The third kappa shape index (κ3) is 2.60. The lowest BCUT2D eigenvalue weighted by Gasteiger charge is -1.96. The Morgan fingerprint density at radius 1 is 1.64 bits per heavy atom. The number of rotatable bonds is 4. The van der Waals surface area contributed by atoms with Crippen LogP contribution >= 0.6 is 0 Å². The Morgan fingerprint density at radius 2 is 2.45 bits per heavy atom. The number of hydrogen-bond donors (Lipinski definition) is 1. The second-order valence-electron chi connectivity index (χ2n) is 2.43. The van der Waals surface area contributed by atoms with Gasteiger partial charge in [0.15, 0.2) is 0 Å². The summed E-state index contributed by atoms with van der Waals surface area (Å²) in [6, 6.07) is 3.94. The highest BCUT2D eigenvalue weighted by Crippen LogP contribution is 2.04. The van der Waals surface area contributed by atoms with Crippen molar-refractivity contribution >= 4 is 0 Å². The number of hydrogen-bond acceptors (Lipinski definition) is 2. The molecule has 0 aliphatic heterocycles. The second kappa shape index (κ2) is 3.98. The fraction of sp³-hybridized carbons (Fsp3) is 0.333. The van der Waals surface area contributed by atoms with E-state index < -0.39 is 0 Å². The molecule has 0 aromatic carbocycles. The fourth-order valence-electron chi connectivity index (χ4n) is 0.878. The molecule has 2 heteroatoms. The van der Waals surface area contributed by atoms with Gasteiger partial charge in [-0.05, 0) is 19.1 Å². The highest BCUT2D eigenvalue weighted by atomic mass is 16.3. The molecule has 0 spiro atoms. The molecule has 2 nitrogen and oxygen atoms in total. The lowest BCUT2D eigenvalue weighted by atomic mass is 10.4. The minimum atomic E-state index is 0.778. The molecule has 1 rings (SSSR count). The molecular weight excluding hydrogens is 138 g/mol. The topological polar surface area (TPSA) is 25.2 Å². The van der Waals surface area contributed by atoms with E-state index in [2.05, 4.69) is 11.9 Å². The first-order valence-electron chi connectivity index (χ1n) is 3.70. The molecule has 0 bridgehead atoms. The normalized spacial score (nSPS) is 9.91. The maximum Gasteiger partial charge on any atom is 0.117 e. The lowest BCUT2D eigenvalue weighted by molar-refractivity contribution is 0.468. The molecule has 0 amide bonds. The molecular formula is C9H13NO. The first-order valence-corrected chi connectivity index (χ1v) is 3.70. The summed E-state index contributed by atoms with van der Waals surface area (Å²) in [6.07, 6.45) is 1.83. The molecule has 60 valence electrons. The van der Waals surface area contributed by atoms with Gasteiger partial charge in [-0.25, -0.2) is 0 Å². The van der Waals surface area contributed by atoms with Crippen LogP contribution < -0.4 is 5.32 Å². The smallest absolute Gasteiger partial charge is 0.117 e. The number of furan rings is 1. The zero-order valence-electron chi connectivity index (χ0n) is 6.76. The van der Waals surface area contributed by atoms with Crippen LogP contribution in [0.15, 0.2) is 29.2 Å². The standard InChI is InChI=1S/C9H13NO/c1-3-6-10-7-9-5-4-8(2)11-9/h3-5,10H,1,6-7H2,2H3. The van der Waals surface area contributed by atoms with Crippen molar-refractivity contribution in [1.29, 1.82) is 0 Å². The zero-order valence-corrected chi connectivity index (χ0v) is 6.76. The molecule has 0 radical (unpaired) electrons. The molecule has 0 saturated carbocycles. The van der Waals surface area contributed by atoms with Gasteiger partial charge in [0.05, 0.1) is 6.54 Å². The van der Waals surface area contributed by atoms with Gasteiger partial charge in [-0.3, -0.25) is 0 Å². The van der Waals surface area contributed by atoms with E-state index in [0.29, 0.717) is 0 Å². The molecule has 0 atom stereocenters. The highest BCUT2D eigenvalue weighted by Gasteiger charge is 1.95. The van der Waals surface area contributed by atoms with Gasteiger partial charge < -0.3 is 9.73 Å². The molecule has 0 unspecified atom stereocenters. The van der Waals surface area contributed by atoms with Gasteiger partial charge in [-0.2, -0.15) is 0 Å². The Labute approximate surface area is 66.9 Å². The van der Waals surface area contributed by atoms with E-state index in [4.69, 9.17) is 4.42 Å². The van der Waals surface area contributed by atoms with E-state index >= 15 is 0 Å². The summed E-state index contributed by atoms with van der Waals surface area (Å²) >= 11 is 0. The summed E-state index contributed by atoms with van der Waals surface area (Å²) < 4.78 is 5.33. The second-order valence-corrected chi connectivity index (χ2v) is 2.43. The quantitative estimate of drug-likeness (QED) is 0.525. The van der Waals surface area contributed by atoms with Crippen LogP contribution in [0.25, 0.3) is 0 Å². The molecule has 1 N–H and O–H groups in total. The van der Waals surface area contributed by atoms with Crippen molar-refractivity contribution in [2.24, 2.45) is 0 Å². The summed E-state index contributed by atoms with van der Waals surface area (Å²) in [6.45, 7) is 7.14. The van der Waals surface area contributed by atoms with Gasteiger partial charge in [0, 0.05) is 6.54 Å². The van der Waals surface area contributed by atoms with Gasteiger partial charge in [0.1, 0.15) is 11.5 Å². The minimum absolute atomic E-state index is 0.778. The fourth-order valence-corrected chi connectivity index (χ4v) is 0.878. The van der Waals surface area contributed by atoms with Gasteiger partial charge >= 0.3 is 0 Å². The van der Waals surface area contributed by atoms with Crippen molar-refractivity contribution < 1.29 is 4.42 Å². The van der Waals surface area contributed by atoms with Gasteiger partial charge in [0.2, 0.25) is 0 Å². The average Bonchev–Trinajstić information content (AvgIpc) is 2.37. The van der Waals surface area contributed by atoms with Crippen LogP contribution in [0.5, 0.6) is 0 Å². The van der Waals surface area contributed by atoms with Crippen molar-refractivity contribution in [3.8, 4) is 0 Å². The molecule has 0 aliphatic rings. The Kier molecular flexibility index (Phi) is 2.93. The Bertz CT molecular complexity index is 227. The molecule has 1 aromatic heterocycles. The van der Waals surface area contributed by atoms with Crippen molar-refractivity contribution in [3.63, 3.8) is 0 Å². The van der Waals surface area contributed by atoms with Crippen LogP contribution in [0.3, 0.4) is 0 Å². The lowest BCUT2D eigenvalue weighted by Crippen LogP contribution is -2.11. The van der Waals surface area contributed by atoms with Crippen LogP contribution in [0.4, 0.5) is 0 Å². The van der Waals surface area contributed by atoms with Crippen molar-refractivity contribution in [2.75, 3.05) is 6.54 Å². The molecule has 0 fully saturated rings. The van der Waals surface area contributed by atoms with Crippen LogP contribution in [0, 0.1) is 6.92 Å². The predicted molar refractivity (Wildman–Crippen MR) is 45.3 cm³/mol. The molecule has 1 heterocycles. The van der Waals surface area contributed by atoms with Crippen molar-refractivity contribution in [3.05, 3.63) is 36.3 Å². The molecule has 0 saturated heterocycles. The van der Waals surface area contributed by atoms with Gasteiger partial charge in [-0.1, -0.05) is 6.08 Å². The number of aryl methyl sites for hydroxylation is 1. The summed E-state index contributed by atoms with van der Waals surface area (Å²) in [5.41, 5.74) is 0. The van der Waals surface area contributed by atoms with Crippen molar-refractivity contribution in [1.82, 2.24) is 5.32 Å².